The monoisotopic (exact) mass is 293 g/mol. The molecular weight excluding hydrogens is 277 g/mol. The molecule has 1 aromatic carbocycles. The molecule has 2 aromatic rings. The molecule has 7 nitrogen and oxygen atoms in total. The summed E-state index contributed by atoms with van der Waals surface area (Å²) in [6.07, 6.45) is 0.763. The van der Waals surface area contributed by atoms with Crippen molar-refractivity contribution in [3.05, 3.63) is 24.0 Å². The lowest BCUT2D eigenvalue weighted by Gasteiger charge is -2.25. The van der Waals surface area contributed by atoms with E-state index in [1.807, 2.05) is 0 Å². The van der Waals surface area contributed by atoms with Gasteiger partial charge >= 0.3 is 0 Å². The lowest BCUT2D eigenvalue weighted by atomic mass is 10.0. The maximum Gasteiger partial charge on any atom is 0.182 e. The van der Waals surface area contributed by atoms with Crippen molar-refractivity contribution in [1.29, 1.82) is 0 Å². The topological polar surface area (TPSA) is 88.1 Å². The van der Waals surface area contributed by atoms with E-state index >= 15 is 0 Å². The van der Waals surface area contributed by atoms with Crippen molar-refractivity contribution in [1.82, 2.24) is 20.2 Å². The fraction of sp³-hybridized carbons (Fsp3) is 0.462. The third-order valence-corrected chi connectivity index (χ3v) is 3.73. The van der Waals surface area contributed by atoms with E-state index in [1.165, 1.54) is 12.1 Å². The van der Waals surface area contributed by atoms with Gasteiger partial charge in [-0.2, -0.15) is 0 Å². The molecule has 112 valence electrons. The summed E-state index contributed by atoms with van der Waals surface area (Å²) in [7, 11) is 1.64. The van der Waals surface area contributed by atoms with Crippen molar-refractivity contribution in [2.75, 3.05) is 26.1 Å². The van der Waals surface area contributed by atoms with Gasteiger partial charge in [-0.15, -0.1) is 5.10 Å². The molecule has 1 aromatic heterocycles. The van der Waals surface area contributed by atoms with E-state index in [9.17, 15) is 4.39 Å². The van der Waals surface area contributed by atoms with Crippen LogP contribution in [0.1, 0.15) is 6.42 Å². The van der Waals surface area contributed by atoms with Gasteiger partial charge in [-0.05, 0) is 28.6 Å². The van der Waals surface area contributed by atoms with Gasteiger partial charge in [-0.3, -0.25) is 0 Å². The Morgan fingerprint density at radius 1 is 1.52 bits per heavy atom. The molecule has 0 spiro atoms. The third kappa shape index (κ3) is 2.59. The van der Waals surface area contributed by atoms with Crippen molar-refractivity contribution in [2.45, 2.75) is 18.6 Å². The number of nitrogen functional groups attached to an aromatic ring is 1. The number of nitrogens with zero attached hydrogens (tertiary/aromatic N) is 4. The highest BCUT2D eigenvalue weighted by Crippen LogP contribution is 2.27. The molecule has 1 atom stereocenters. The molecule has 3 rings (SSSR count). The number of halogens is 1. The zero-order chi connectivity index (χ0) is 14.9. The number of hydrogen-bond acceptors (Lipinski definition) is 6. The Balaban J connectivity index is 1.91. The average molecular weight is 293 g/mol. The Kier molecular flexibility index (Phi) is 3.56. The number of tetrazole rings is 1. The first-order valence-electron chi connectivity index (χ1n) is 6.58. The molecule has 1 aliphatic rings. The van der Waals surface area contributed by atoms with E-state index in [4.69, 9.17) is 15.2 Å². The molecule has 0 bridgehead atoms. The Bertz CT molecular complexity index is 639. The van der Waals surface area contributed by atoms with Crippen LogP contribution in [0.4, 0.5) is 10.1 Å². The number of anilines is 1. The van der Waals surface area contributed by atoms with Crippen LogP contribution < -0.4 is 5.73 Å². The molecule has 1 aliphatic heterocycles. The smallest absolute Gasteiger partial charge is 0.182 e. The second-order valence-corrected chi connectivity index (χ2v) is 5.09. The predicted octanol–water partition coefficient (Wildman–Crippen LogP) is 0.867. The molecule has 2 N–H and O–H groups in total. The summed E-state index contributed by atoms with van der Waals surface area (Å²) < 4.78 is 26.2. The highest BCUT2D eigenvalue weighted by atomic mass is 19.1. The summed E-state index contributed by atoms with van der Waals surface area (Å²) in [5.41, 5.74) is 5.70. The van der Waals surface area contributed by atoms with E-state index in [0.29, 0.717) is 31.1 Å². The molecule has 2 heterocycles. The maximum atomic E-state index is 13.6. The van der Waals surface area contributed by atoms with Crippen molar-refractivity contribution in [3.8, 4) is 11.4 Å². The summed E-state index contributed by atoms with van der Waals surface area (Å²) in [5, 5.41) is 11.6. The zero-order valence-corrected chi connectivity index (χ0v) is 11.6. The van der Waals surface area contributed by atoms with Crippen molar-refractivity contribution in [3.63, 3.8) is 0 Å². The second kappa shape index (κ2) is 5.38. The van der Waals surface area contributed by atoms with Gasteiger partial charge in [-0.1, -0.05) is 0 Å². The van der Waals surface area contributed by atoms with Crippen LogP contribution in [-0.4, -0.2) is 46.1 Å². The first-order valence-corrected chi connectivity index (χ1v) is 6.58. The van der Waals surface area contributed by atoms with Gasteiger partial charge < -0.3 is 15.2 Å². The van der Waals surface area contributed by atoms with Crippen molar-refractivity contribution < 1.29 is 13.9 Å². The van der Waals surface area contributed by atoms with E-state index in [-0.39, 0.29) is 5.69 Å². The summed E-state index contributed by atoms with van der Waals surface area (Å²) in [5.74, 6) is -0.0232. The first kappa shape index (κ1) is 13.9. The largest absolute Gasteiger partial charge is 0.396 e. The fourth-order valence-electron chi connectivity index (χ4n) is 2.40. The van der Waals surface area contributed by atoms with E-state index in [2.05, 4.69) is 15.5 Å². The molecule has 1 fully saturated rings. The van der Waals surface area contributed by atoms with Gasteiger partial charge in [0.1, 0.15) is 11.4 Å². The van der Waals surface area contributed by atoms with Crippen LogP contribution in [0.2, 0.25) is 0 Å². The second-order valence-electron chi connectivity index (χ2n) is 5.09. The number of ether oxygens (including phenoxy) is 2. The van der Waals surface area contributed by atoms with Crippen LogP contribution in [0.25, 0.3) is 11.4 Å². The van der Waals surface area contributed by atoms with Gasteiger partial charge in [-0.25, -0.2) is 9.07 Å². The van der Waals surface area contributed by atoms with Crippen LogP contribution in [0, 0.1) is 5.82 Å². The molecule has 8 heteroatoms. The van der Waals surface area contributed by atoms with Crippen LogP contribution in [0.15, 0.2) is 18.2 Å². The number of nitrogens with two attached hydrogens (primary N) is 1. The maximum absolute atomic E-state index is 13.6. The Labute approximate surface area is 120 Å². The SMILES string of the molecule is COC1(Cn2nnnc2-c2ccc(N)c(F)c2)CCOC1. The predicted molar refractivity (Wildman–Crippen MR) is 72.8 cm³/mol. The Morgan fingerprint density at radius 3 is 3.05 bits per heavy atom. The number of benzene rings is 1. The quantitative estimate of drug-likeness (QED) is 0.841. The van der Waals surface area contributed by atoms with Gasteiger partial charge in [0.25, 0.3) is 0 Å². The lowest BCUT2D eigenvalue weighted by Crippen LogP contribution is -2.37. The van der Waals surface area contributed by atoms with Gasteiger partial charge in [0.15, 0.2) is 5.82 Å². The highest BCUT2D eigenvalue weighted by molar-refractivity contribution is 5.59. The molecule has 0 saturated carbocycles. The molecule has 1 saturated heterocycles. The molecular formula is C13H16FN5O2. The number of methoxy groups -OCH3 is 1. The number of rotatable bonds is 4. The molecule has 0 radical (unpaired) electrons. The Morgan fingerprint density at radius 2 is 2.38 bits per heavy atom. The first-order chi connectivity index (χ1) is 10.1. The average Bonchev–Trinajstić information content (AvgIpc) is 3.12. The molecule has 1 unspecified atom stereocenters. The van der Waals surface area contributed by atoms with Crippen molar-refractivity contribution in [2.24, 2.45) is 0 Å². The van der Waals surface area contributed by atoms with Gasteiger partial charge in [0.05, 0.1) is 18.8 Å². The fourth-order valence-corrected chi connectivity index (χ4v) is 2.40. The molecule has 0 amide bonds. The van der Waals surface area contributed by atoms with Gasteiger partial charge in [0, 0.05) is 25.7 Å². The normalized spacial score (nSPS) is 21.8. The van der Waals surface area contributed by atoms with E-state index < -0.39 is 11.4 Å². The van der Waals surface area contributed by atoms with Gasteiger partial charge in [0.2, 0.25) is 0 Å². The summed E-state index contributed by atoms with van der Waals surface area (Å²) in [4.78, 5) is 0. The zero-order valence-electron chi connectivity index (χ0n) is 11.6. The number of hydrogen-bond donors (Lipinski definition) is 1. The van der Waals surface area contributed by atoms with E-state index in [1.54, 1.807) is 17.9 Å². The highest BCUT2D eigenvalue weighted by Gasteiger charge is 2.36. The minimum atomic E-state index is -0.493. The lowest BCUT2D eigenvalue weighted by molar-refractivity contribution is -0.0317. The number of aromatic nitrogens is 4. The van der Waals surface area contributed by atoms with Crippen LogP contribution in [-0.2, 0) is 16.0 Å². The Hall–Kier alpha value is -2.06. The minimum absolute atomic E-state index is 0.0929. The summed E-state index contributed by atoms with van der Waals surface area (Å²) in [6.45, 7) is 1.57. The van der Waals surface area contributed by atoms with Crippen LogP contribution in [0.5, 0.6) is 0 Å². The summed E-state index contributed by atoms with van der Waals surface area (Å²) >= 11 is 0. The minimum Gasteiger partial charge on any atom is -0.396 e. The van der Waals surface area contributed by atoms with Crippen molar-refractivity contribution >= 4 is 5.69 Å². The van der Waals surface area contributed by atoms with Crippen LogP contribution >= 0.6 is 0 Å². The third-order valence-electron chi connectivity index (χ3n) is 3.73. The van der Waals surface area contributed by atoms with E-state index in [0.717, 1.165) is 6.42 Å². The standard InChI is InChI=1S/C13H16FN5O2/c1-20-13(4-5-21-8-13)7-19-12(16-17-18-19)9-2-3-11(15)10(14)6-9/h2-3,6H,4-5,7-8,15H2,1H3. The summed E-state index contributed by atoms with van der Waals surface area (Å²) in [6, 6.07) is 4.50. The van der Waals surface area contributed by atoms with Crippen LogP contribution in [0.3, 0.4) is 0 Å². The molecule has 21 heavy (non-hydrogen) atoms. The molecule has 0 aliphatic carbocycles.